The molecule has 50 valence electrons. The average Bonchev–Trinajstić information content (AvgIpc) is 2.38. The molecular weight excluding hydrogens is 144 g/mol. The summed E-state index contributed by atoms with van der Waals surface area (Å²) < 4.78 is 0. The third-order valence-electron chi connectivity index (χ3n) is 0.997. The van der Waals surface area contributed by atoms with Crippen LogP contribution in [0.25, 0.3) is 0 Å². The average molecular weight is 150 g/mol. The van der Waals surface area contributed by atoms with Gasteiger partial charge in [0.15, 0.2) is 0 Å². The number of hydrogen-bond acceptors (Lipinski definition) is 2. The Kier molecular flexibility index (Phi) is 2.21. The molecule has 0 atom stereocenters. The number of carbonyl (C=O) groups excluding carboxylic acids is 1. The Bertz CT molecular complexity index is 265. The number of ketones is 1. The summed E-state index contributed by atoms with van der Waals surface area (Å²) in [6, 6.07) is 3.62. The number of allylic oxidation sites excluding steroid dienone is 1. The van der Waals surface area contributed by atoms with E-state index in [-0.39, 0.29) is 5.78 Å². The zero-order valence-corrected chi connectivity index (χ0v) is 6.15. The maximum Gasteiger partial charge on any atom is 0.203 e. The molecular formula is C8H6OS. The van der Waals surface area contributed by atoms with Crippen molar-refractivity contribution < 1.29 is 4.79 Å². The van der Waals surface area contributed by atoms with Gasteiger partial charge in [-0.15, -0.1) is 17.1 Å². The minimum atomic E-state index is -0.0231. The Labute approximate surface area is 63.3 Å². The first-order valence-electron chi connectivity index (χ1n) is 2.78. The van der Waals surface area contributed by atoms with Gasteiger partial charge < -0.3 is 0 Å². The van der Waals surface area contributed by atoms with E-state index in [9.17, 15) is 4.79 Å². The Hall–Kier alpha value is -1.11. The summed E-state index contributed by atoms with van der Waals surface area (Å²) in [4.78, 5) is 11.7. The van der Waals surface area contributed by atoms with Crippen molar-refractivity contribution in [3.63, 3.8) is 0 Å². The van der Waals surface area contributed by atoms with Crippen molar-refractivity contribution in [2.75, 3.05) is 0 Å². The summed E-state index contributed by atoms with van der Waals surface area (Å²) in [5.74, 6) is -0.0231. The number of rotatable bonds is 2. The van der Waals surface area contributed by atoms with Crippen LogP contribution in [0.5, 0.6) is 0 Å². The monoisotopic (exact) mass is 150 g/mol. The standard InChI is InChI=1S/C8H6OS/c1-2-4-7(9)8-5-3-6-10-8/h3-6H,1H2. The Balaban J connectivity index is 2.87. The van der Waals surface area contributed by atoms with Crippen molar-refractivity contribution >= 4 is 17.1 Å². The second-order valence-corrected chi connectivity index (χ2v) is 2.64. The van der Waals surface area contributed by atoms with E-state index in [4.69, 9.17) is 0 Å². The fourth-order valence-electron chi connectivity index (χ4n) is 0.583. The summed E-state index contributed by atoms with van der Waals surface area (Å²) in [6.45, 7) is 3.31. The smallest absolute Gasteiger partial charge is 0.203 e. The van der Waals surface area contributed by atoms with Crippen molar-refractivity contribution in [2.45, 2.75) is 0 Å². The van der Waals surface area contributed by atoms with Gasteiger partial charge in [-0.1, -0.05) is 12.6 Å². The van der Waals surface area contributed by atoms with Crippen LogP contribution in [0.4, 0.5) is 0 Å². The lowest BCUT2D eigenvalue weighted by molar-refractivity contribution is 0.105. The molecule has 0 radical (unpaired) electrons. The molecule has 0 bridgehead atoms. The second kappa shape index (κ2) is 3.16. The molecule has 0 unspecified atom stereocenters. The fraction of sp³-hybridized carbons (Fsp3) is 0. The second-order valence-electron chi connectivity index (χ2n) is 1.69. The predicted molar refractivity (Wildman–Crippen MR) is 42.4 cm³/mol. The van der Waals surface area contributed by atoms with Crippen LogP contribution in [0.15, 0.2) is 35.9 Å². The topological polar surface area (TPSA) is 17.1 Å². The van der Waals surface area contributed by atoms with E-state index >= 15 is 0 Å². The molecule has 1 aromatic heterocycles. The van der Waals surface area contributed by atoms with E-state index < -0.39 is 0 Å². The van der Waals surface area contributed by atoms with Crippen LogP contribution in [0.2, 0.25) is 0 Å². The number of hydrogen-bond donors (Lipinski definition) is 0. The van der Waals surface area contributed by atoms with Crippen molar-refractivity contribution in [3.8, 4) is 0 Å². The molecule has 0 aliphatic carbocycles. The van der Waals surface area contributed by atoms with Crippen molar-refractivity contribution in [2.24, 2.45) is 0 Å². The van der Waals surface area contributed by atoms with Gasteiger partial charge in [0.1, 0.15) is 0 Å². The molecule has 0 saturated carbocycles. The third kappa shape index (κ3) is 1.44. The van der Waals surface area contributed by atoms with Crippen LogP contribution in [0.3, 0.4) is 0 Å². The molecule has 0 N–H and O–H groups in total. The van der Waals surface area contributed by atoms with E-state index in [0.717, 1.165) is 4.88 Å². The molecule has 1 rings (SSSR count). The molecule has 10 heavy (non-hydrogen) atoms. The van der Waals surface area contributed by atoms with Gasteiger partial charge in [-0.3, -0.25) is 4.79 Å². The van der Waals surface area contributed by atoms with Crippen molar-refractivity contribution in [1.29, 1.82) is 0 Å². The summed E-state index contributed by atoms with van der Waals surface area (Å²) in [7, 11) is 0. The molecule has 0 spiro atoms. The molecule has 1 nitrogen and oxygen atoms in total. The Morgan fingerprint density at radius 2 is 2.60 bits per heavy atom. The Morgan fingerprint density at radius 3 is 3.10 bits per heavy atom. The SMILES string of the molecule is C=C=CC(=O)c1cccs1. The van der Waals surface area contributed by atoms with Gasteiger partial charge in [0.25, 0.3) is 0 Å². The molecule has 1 heterocycles. The first-order valence-corrected chi connectivity index (χ1v) is 3.66. The van der Waals surface area contributed by atoms with Gasteiger partial charge in [0, 0.05) is 6.08 Å². The molecule has 0 aromatic carbocycles. The van der Waals surface area contributed by atoms with E-state index in [1.165, 1.54) is 17.4 Å². The van der Waals surface area contributed by atoms with Gasteiger partial charge in [-0.05, 0) is 11.4 Å². The van der Waals surface area contributed by atoms with Crippen molar-refractivity contribution in [3.05, 3.63) is 40.8 Å². The van der Waals surface area contributed by atoms with Gasteiger partial charge in [-0.25, -0.2) is 0 Å². The number of carbonyl (C=O) groups is 1. The van der Waals surface area contributed by atoms with Crippen LogP contribution in [-0.4, -0.2) is 5.78 Å². The van der Waals surface area contributed by atoms with Gasteiger partial charge in [0.2, 0.25) is 5.78 Å². The first kappa shape index (κ1) is 7.00. The van der Waals surface area contributed by atoms with Crippen LogP contribution < -0.4 is 0 Å². The molecule has 0 aliphatic rings. The molecule has 0 fully saturated rings. The maximum atomic E-state index is 11.0. The van der Waals surface area contributed by atoms with Crippen LogP contribution in [-0.2, 0) is 0 Å². The fourth-order valence-corrected chi connectivity index (χ4v) is 1.22. The molecule has 0 amide bonds. The van der Waals surface area contributed by atoms with Crippen LogP contribution >= 0.6 is 11.3 Å². The molecule has 0 saturated heterocycles. The van der Waals surface area contributed by atoms with E-state index in [0.29, 0.717) is 0 Å². The Morgan fingerprint density at radius 1 is 1.80 bits per heavy atom. The highest BCUT2D eigenvalue weighted by atomic mass is 32.1. The molecule has 0 aliphatic heterocycles. The lowest BCUT2D eigenvalue weighted by atomic mass is 10.3. The molecule has 2 heteroatoms. The molecule has 1 aromatic rings. The largest absolute Gasteiger partial charge is 0.288 e. The summed E-state index contributed by atoms with van der Waals surface area (Å²) in [5.41, 5.74) is 2.44. The van der Waals surface area contributed by atoms with Crippen LogP contribution in [0, 0.1) is 0 Å². The zero-order valence-electron chi connectivity index (χ0n) is 5.33. The summed E-state index contributed by atoms with van der Waals surface area (Å²) in [6.07, 6.45) is 1.34. The normalized spacial score (nSPS) is 8.40. The van der Waals surface area contributed by atoms with Crippen LogP contribution in [0.1, 0.15) is 9.67 Å². The lowest BCUT2D eigenvalue weighted by Crippen LogP contribution is -1.86. The quantitative estimate of drug-likeness (QED) is 0.359. The third-order valence-corrected chi connectivity index (χ3v) is 1.88. The first-order chi connectivity index (χ1) is 4.84. The summed E-state index contributed by atoms with van der Waals surface area (Å²) >= 11 is 1.42. The zero-order chi connectivity index (χ0) is 7.40. The van der Waals surface area contributed by atoms with Gasteiger partial charge in [0.05, 0.1) is 4.88 Å². The van der Waals surface area contributed by atoms with E-state index in [1.807, 2.05) is 11.4 Å². The number of thiophene rings is 1. The van der Waals surface area contributed by atoms with Gasteiger partial charge >= 0.3 is 0 Å². The van der Waals surface area contributed by atoms with E-state index in [1.54, 1.807) is 6.07 Å². The lowest BCUT2D eigenvalue weighted by Gasteiger charge is -1.81. The van der Waals surface area contributed by atoms with Gasteiger partial charge in [-0.2, -0.15) is 0 Å². The predicted octanol–water partition coefficient (Wildman–Crippen LogP) is 2.27. The minimum absolute atomic E-state index is 0.0231. The minimum Gasteiger partial charge on any atom is -0.288 e. The highest BCUT2D eigenvalue weighted by Crippen LogP contribution is 2.08. The highest BCUT2D eigenvalue weighted by molar-refractivity contribution is 7.12. The highest BCUT2D eigenvalue weighted by Gasteiger charge is 1.99. The summed E-state index contributed by atoms with van der Waals surface area (Å²) in [5, 5.41) is 1.87. The van der Waals surface area contributed by atoms with E-state index in [2.05, 4.69) is 12.3 Å². The maximum absolute atomic E-state index is 11.0. The van der Waals surface area contributed by atoms with Crippen molar-refractivity contribution in [1.82, 2.24) is 0 Å².